The first-order valence-electron chi connectivity index (χ1n) is 2.71. The maximum atomic E-state index is 6.75. The Morgan fingerprint density at radius 2 is 2.14 bits per heavy atom. The monoisotopic (exact) mass is 104 g/mol. The third-order valence-electron chi connectivity index (χ3n) is 0.854. The van der Waals surface area contributed by atoms with Crippen LogP contribution < -0.4 is 5.32 Å². The van der Waals surface area contributed by atoms with E-state index in [0.717, 1.165) is 19.4 Å². The van der Waals surface area contributed by atoms with Gasteiger partial charge in [-0.3, -0.25) is 0 Å². The highest BCUT2D eigenvalue weighted by atomic mass is 16.2. The van der Waals surface area contributed by atoms with Crippen molar-refractivity contribution in [3.63, 3.8) is 0 Å². The van der Waals surface area contributed by atoms with Gasteiger partial charge in [0.05, 0.1) is 0 Å². The minimum Gasteiger partial charge on any atom is -0.445 e. The quantitative estimate of drug-likeness (QED) is 0.386. The van der Waals surface area contributed by atoms with Gasteiger partial charge in [0.2, 0.25) is 0 Å². The summed E-state index contributed by atoms with van der Waals surface area (Å²) in [5.74, 6) is 0. The minimum absolute atomic E-state index is 0.571. The van der Waals surface area contributed by atoms with Gasteiger partial charge in [-0.1, -0.05) is 0 Å². The Morgan fingerprint density at radius 1 is 1.43 bits per heavy atom. The van der Waals surface area contributed by atoms with E-state index in [1.807, 2.05) is 7.05 Å². The second kappa shape index (κ2) is 5.92. The zero-order valence-electron chi connectivity index (χ0n) is 4.83. The van der Waals surface area contributed by atoms with Crippen LogP contribution in [0.1, 0.15) is 12.8 Å². The summed E-state index contributed by atoms with van der Waals surface area (Å²) in [4.78, 5) is 0. The Balaban J connectivity index is 2.45. The van der Waals surface area contributed by atoms with E-state index < -0.39 is 0 Å². The third kappa shape index (κ3) is 5.92. The second-order valence-electron chi connectivity index (χ2n) is 1.56. The normalized spacial score (nSPS) is 9.43. The van der Waals surface area contributed by atoms with Crippen LogP contribution in [-0.4, -0.2) is 25.3 Å². The van der Waals surface area contributed by atoms with E-state index >= 15 is 0 Å². The van der Waals surface area contributed by atoms with Crippen LogP contribution in [0.2, 0.25) is 0 Å². The minimum atomic E-state index is 0.571. The van der Waals surface area contributed by atoms with Gasteiger partial charge in [0, 0.05) is 6.42 Å². The van der Waals surface area contributed by atoms with Crippen molar-refractivity contribution in [2.75, 3.05) is 20.2 Å². The lowest BCUT2D eigenvalue weighted by Crippen LogP contribution is -2.07. The van der Waals surface area contributed by atoms with Crippen LogP contribution in [0.4, 0.5) is 0 Å². The molecule has 0 fully saturated rings. The SMILES string of the molecule is CNCCCC[OH2+]. The predicted octanol–water partition coefficient (Wildman–Crippen LogP) is -0.289. The van der Waals surface area contributed by atoms with Crippen molar-refractivity contribution in [1.29, 1.82) is 0 Å². The Labute approximate surface area is 44.5 Å². The Hall–Kier alpha value is -0.0800. The van der Waals surface area contributed by atoms with Gasteiger partial charge < -0.3 is 10.4 Å². The maximum Gasteiger partial charge on any atom is 0.143 e. The molecule has 0 saturated carbocycles. The highest BCUT2D eigenvalue weighted by Gasteiger charge is 1.82. The van der Waals surface area contributed by atoms with Crippen LogP contribution in [0, 0.1) is 0 Å². The molecule has 2 nitrogen and oxygen atoms in total. The first-order valence-corrected chi connectivity index (χ1v) is 2.71. The van der Waals surface area contributed by atoms with Crippen LogP contribution in [0.3, 0.4) is 0 Å². The van der Waals surface area contributed by atoms with Crippen molar-refractivity contribution < 1.29 is 5.11 Å². The Kier molecular flexibility index (Phi) is 5.85. The first-order chi connectivity index (χ1) is 3.41. The molecule has 0 aliphatic carbocycles. The van der Waals surface area contributed by atoms with Crippen molar-refractivity contribution in [2.24, 2.45) is 0 Å². The summed E-state index contributed by atoms with van der Waals surface area (Å²) in [7, 11) is 1.93. The number of hydrogen-bond donors (Lipinski definition) is 1. The van der Waals surface area contributed by atoms with Gasteiger partial charge in [0.15, 0.2) is 0 Å². The molecule has 0 aromatic heterocycles. The van der Waals surface area contributed by atoms with Crippen molar-refractivity contribution in [3.05, 3.63) is 0 Å². The van der Waals surface area contributed by atoms with Crippen LogP contribution >= 0.6 is 0 Å². The maximum absolute atomic E-state index is 6.75. The van der Waals surface area contributed by atoms with Crippen molar-refractivity contribution in [1.82, 2.24) is 5.32 Å². The number of rotatable bonds is 4. The molecule has 0 amide bonds. The fourth-order valence-electron chi connectivity index (χ4n) is 0.427. The smallest absolute Gasteiger partial charge is 0.143 e. The molecule has 44 valence electrons. The van der Waals surface area contributed by atoms with Crippen LogP contribution in [0.5, 0.6) is 0 Å². The van der Waals surface area contributed by atoms with Crippen LogP contribution in [0.15, 0.2) is 0 Å². The Bertz CT molecular complexity index is 27.3. The molecule has 0 unspecified atom stereocenters. The summed E-state index contributed by atoms with van der Waals surface area (Å²) >= 11 is 0. The predicted molar refractivity (Wildman–Crippen MR) is 31.6 cm³/mol. The fraction of sp³-hybridized carbons (Fsp3) is 1.00. The number of unbranched alkanes of at least 4 members (excludes halogenated alkanes) is 1. The average Bonchev–Trinajstić information content (AvgIpc) is 1.69. The van der Waals surface area contributed by atoms with E-state index in [9.17, 15) is 0 Å². The highest BCUT2D eigenvalue weighted by molar-refractivity contribution is 4.38. The molecule has 0 spiro atoms. The summed E-state index contributed by atoms with van der Waals surface area (Å²) in [5, 5.41) is 9.77. The van der Waals surface area contributed by atoms with E-state index in [2.05, 4.69) is 5.32 Å². The molecular formula is C5H14NO+. The molecule has 0 aromatic carbocycles. The van der Waals surface area contributed by atoms with Gasteiger partial charge in [0.25, 0.3) is 0 Å². The molecule has 0 bridgehead atoms. The van der Waals surface area contributed by atoms with Crippen molar-refractivity contribution >= 4 is 0 Å². The lowest BCUT2D eigenvalue weighted by atomic mass is 10.3. The highest BCUT2D eigenvalue weighted by Crippen LogP contribution is 1.81. The lowest BCUT2D eigenvalue weighted by Gasteiger charge is -1.91. The topological polar surface area (TPSA) is 34.9 Å². The van der Waals surface area contributed by atoms with Crippen LogP contribution in [0.25, 0.3) is 0 Å². The molecule has 0 radical (unpaired) electrons. The van der Waals surface area contributed by atoms with Crippen LogP contribution in [-0.2, 0) is 0 Å². The van der Waals surface area contributed by atoms with Crippen molar-refractivity contribution in [3.8, 4) is 0 Å². The summed E-state index contributed by atoms with van der Waals surface area (Å²) in [6.45, 7) is 1.63. The van der Waals surface area contributed by atoms with E-state index in [4.69, 9.17) is 5.11 Å². The molecular weight excluding hydrogens is 90.1 g/mol. The van der Waals surface area contributed by atoms with E-state index in [1.165, 1.54) is 0 Å². The standard InChI is InChI=1S/C5H13NO/c1-6-4-2-3-5-7/h6-7H,2-5H2,1H3/p+1. The summed E-state index contributed by atoms with van der Waals surface area (Å²) in [5.41, 5.74) is 0. The number of nitrogens with one attached hydrogen (secondary N) is 1. The molecule has 0 aliphatic rings. The summed E-state index contributed by atoms with van der Waals surface area (Å²) < 4.78 is 0. The van der Waals surface area contributed by atoms with Gasteiger partial charge in [0.1, 0.15) is 6.61 Å². The molecule has 0 aromatic rings. The summed E-state index contributed by atoms with van der Waals surface area (Å²) in [6.07, 6.45) is 2.17. The number of hydrogen-bond acceptors (Lipinski definition) is 1. The molecule has 0 atom stereocenters. The van der Waals surface area contributed by atoms with Crippen molar-refractivity contribution in [2.45, 2.75) is 12.8 Å². The summed E-state index contributed by atoms with van der Waals surface area (Å²) in [6, 6.07) is 0. The van der Waals surface area contributed by atoms with Gasteiger partial charge in [-0.05, 0) is 20.0 Å². The average molecular weight is 104 g/mol. The van der Waals surface area contributed by atoms with Gasteiger partial charge in [-0.2, -0.15) is 0 Å². The molecule has 0 saturated heterocycles. The lowest BCUT2D eigenvalue weighted by molar-refractivity contribution is 0.284. The molecule has 0 aliphatic heterocycles. The first kappa shape index (κ1) is 6.92. The zero-order chi connectivity index (χ0) is 5.54. The zero-order valence-corrected chi connectivity index (χ0v) is 4.83. The third-order valence-corrected chi connectivity index (χ3v) is 0.854. The van der Waals surface area contributed by atoms with Gasteiger partial charge in [-0.15, -0.1) is 0 Å². The largest absolute Gasteiger partial charge is 0.445 e. The molecule has 2 heteroatoms. The molecule has 0 heterocycles. The van der Waals surface area contributed by atoms with E-state index in [0.29, 0.717) is 6.61 Å². The van der Waals surface area contributed by atoms with E-state index in [1.54, 1.807) is 0 Å². The van der Waals surface area contributed by atoms with Gasteiger partial charge >= 0.3 is 0 Å². The molecule has 0 rings (SSSR count). The van der Waals surface area contributed by atoms with Gasteiger partial charge in [-0.25, -0.2) is 0 Å². The van der Waals surface area contributed by atoms with E-state index in [-0.39, 0.29) is 0 Å². The molecule has 7 heavy (non-hydrogen) atoms. The fourth-order valence-corrected chi connectivity index (χ4v) is 0.427. The second-order valence-corrected chi connectivity index (χ2v) is 1.56. The Morgan fingerprint density at radius 3 is 2.57 bits per heavy atom. The molecule has 3 N–H and O–H groups in total.